The second kappa shape index (κ2) is 10.1. The number of nitrogens with zero attached hydrogens (tertiary/aromatic N) is 3. The van der Waals surface area contributed by atoms with E-state index in [9.17, 15) is 32.7 Å². The Morgan fingerprint density at radius 2 is 1.69 bits per heavy atom. The molecule has 0 aliphatic heterocycles. The molecular formula is C26H25Cl2F4N3O4. The first-order valence-electron chi connectivity index (χ1n) is 12.6. The highest BCUT2D eigenvalue weighted by atomic mass is 35.5. The fraction of sp³-hybridized carbons (Fsp3) is 0.538. The summed E-state index contributed by atoms with van der Waals surface area (Å²) in [5.74, 6) is -3.93. The number of rotatable bonds is 8. The Kier molecular flexibility index (Phi) is 7.20. The van der Waals surface area contributed by atoms with Gasteiger partial charge >= 0.3 is 12.1 Å². The van der Waals surface area contributed by atoms with Gasteiger partial charge in [-0.2, -0.15) is 18.3 Å². The third kappa shape index (κ3) is 5.27. The van der Waals surface area contributed by atoms with Crippen LogP contribution in [0.5, 0.6) is 0 Å². The average Bonchev–Trinajstić information content (AvgIpc) is 3.26. The molecule has 5 rings (SSSR count). The summed E-state index contributed by atoms with van der Waals surface area (Å²) in [6.07, 6.45) is -2.47. The van der Waals surface area contributed by atoms with Gasteiger partial charge in [0, 0.05) is 0 Å². The van der Waals surface area contributed by atoms with Gasteiger partial charge in [-0.25, -0.2) is 4.39 Å². The SMILES string of the molecule is O=C(CN(CC1(F)CCCC1)C(=O)c1cnn([C@H]2C[C@@H]3[C@H](C2)[C@H]3C(=O)O)c1C(F)(F)F)c1c(Cl)cccc1Cl. The van der Waals surface area contributed by atoms with Crippen LogP contribution in [0.2, 0.25) is 10.0 Å². The maximum absolute atomic E-state index is 15.5. The number of Topliss-reactive ketones (excluding diaryl/α,β-unsaturated/α-hetero) is 1. The van der Waals surface area contributed by atoms with E-state index in [4.69, 9.17) is 23.2 Å². The molecule has 1 aromatic carbocycles. The van der Waals surface area contributed by atoms with Crippen molar-refractivity contribution < 1.29 is 37.1 Å². The molecule has 2 aromatic rings. The Hall–Kier alpha value is -2.66. The minimum Gasteiger partial charge on any atom is -0.481 e. The second-order valence-electron chi connectivity index (χ2n) is 10.7. The molecule has 0 spiro atoms. The van der Waals surface area contributed by atoms with Crippen LogP contribution < -0.4 is 0 Å². The first-order chi connectivity index (χ1) is 18.3. The first-order valence-corrected chi connectivity index (χ1v) is 13.4. The summed E-state index contributed by atoms with van der Waals surface area (Å²) in [5.41, 5.74) is -4.05. The Morgan fingerprint density at radius 3 is 2.23 bits per heavy atom. The van der Waals surface area contributed by atoms with Gasteiger partial charge < -0.3 is 10.0 Å². The smallest absolute Gasteiger partial charge is 0.433 e. The zero-order chi connectivity index (χ0) is 28.3. The number of ketones is 1. The van der Waals surface area contributed by atoms with Crippen LogP contribution in [0.1, 0.15) is 71.0 Å². The maximum atomic E-state index is 15.5. The maximum Gasteiger partial charge on any atom is 0.433 e. The normalized spacial score (nSPS) is 25.4. The Morgan fingerprint density at radius 1 is 1.10 bits per heavy atom. The molecule has 0 unspecified atom stereocenters. The molecule has 1 N–H and O–H groups in total. The third-order valence-corrected chi connectivity index (χ3v) is 8.81. The van der Waals surface area contributed by atoms with E-state index in [1.807, 2.05) is 0 Å². The summed E-state index contributed by atoms with van der Waals surface area (Å²) >= 11 is 12.3. The van der Waals surface area contributed by atoms with Crippen molar-refractivity contribution in [2.75, 3.05) is 13.1 Å². The molecule has 1 aromatic heterocycles. The number of halogens is 6. The van der Waals surface area contributed by atoms with E-state index in [2.05, 4.69) is 5.10 Å². The van der Waals surface area contributed by atoms with Gasteiger partial charge in [0.15, 0.2) is 11.5 Å². The second-order valence-corrected chi connectivity index (χ2v) is 11.5. The van der Waals surface area contributed by atoms with Crippen molar-refractivity contribution >= 4 is 40.9 Å². The Bertz CT molecular complexity index is 1290. The van der Waals surface area contributed by atoms with Crippen molar-refractivity contribution in [1.82, 2.24) is 14.7 Å². The van der Waals surface area contributed by atoms with Crippen LogP contribution in [0, 0.1) is 17.8 Å². The molecule has 3 saturated carbocycles. The van der Waals surface area contributed by atoms with Gasteiger partial charge in [-0.05, 0) is 49.7 Å². The molecular weight excluding hydrogens is 565 g/mol. The topological polar surface area (TPSA) is 92.5 Å². The molecule has 210 valence electrons. The molecule has 7 nitrogen and oxygen atoms in total. The average molecular weight is 590 g/mol. The standard InChI is InChI=1S/C26H25Cl2F4N3O4/c27-17-4-3-5-18(28)21(17)19(36)11-34(12-25(29)6-1-2-7-25)23(37)16-10-33-35(22(16)26(30,31)32)13-8-14-15(9-13)20(14)24(38)39/h3-5,10,13-15,20H,1-2,6-9,11-12H2,(H,38,39)/t13-,14+,15-,20-. The zero-order valence-corrected chi connectivity index (χ0v) is 22.1. The van der Waals surface area contributed by atoms with Gasteiger partial charge in [0.25, 0.3) is 5.91 Å². The predicted molar refractivity (Wildman–Crippen MR) is 133 cm³/mol. The van der Waals surface area contributed by atoms with E-state index in [-0.39, 0.29) is 53.1 Å². The van der Waals surface area contributed by atoms with Gasteiger partial charge in [-0.15, -0.1) is 0 Å². The highest BCUT2D eigenvalue weighted by Crippen LogP contribution is 2.61. The Labute approximate surface area is 231 Å². The summed E-state index contributed by atoms with van der Waals surface area (Å²) in [4.78, 5) is 38.9. The van der Waals surface area contributed by atoms with Crippen LogP contribution in [0.25, 0.3) is 0 Å². The van der Waals surface area contributed by atoms with Crippen LogP contribution in [-0.2, 0) is 11.0 Å². The van der Waals surface area contributed by atoms with Crippen molar-refractivity contribution in [2.24, 2.45) is 17.8 Å². The first kappa shape index (κ1) is 27.9. The highest BCUT2D eigenvalue weighted by Gasteiger charge is 2.61. The number of carbonyl (C=O) groups is 3. The highest BCUT2D eigenvalue weighted by molar-refractivity contribution is 6.40. The van der Waals surface area contributed by atoms with E-state index >= 15 is 4.39 Å². The molecule has 13 heteroatoms. The molecule has 0 bridgehead atoms. The van der Waals surface area contributed by atoms with Crippen molar-refractivity contribution in [1.29, 1.82) is 0 Å². The van der Waals surface area contributed by atoms with Gasteiger partial charge in [-0.1, -0.05) is 42.1 Å². The molecule has 1 heterocycles. The predicted octanol–water partition coefficient (Wildman–Crippen LogP) is 6.10. The number of carboxylic acids is 1. The van der Waals surface area contributed by atoms with Crippen molar-refractivity contribution in [3.05, 3.63) is 51.3 Å². The molecule has 3 aliphatic carbocycles. The van der Waals surface area contributed by atoms with Crippen LogP contribution in [0.15, 0.2) is 24.4 Å². The number of aliphatic carboxylic acids is 1. The molecule has 1 amide bonds. The number of aromatic nitrogens is 2. The fourth-order valence-electron chi connectivity index (χ4n) is 6.35. The lowest BCUT2D eigenvalue weighted by Gasteiger charge is -2.30. The fourth-order valence-corrected chi connectivity index (χ4v) is 6.96. The van der Waals surface area contributed by atoms with Crippen molar-refractivity contribution in [2.45, 2.75) is 56.4 Å². The van der Waals surface area contributed by atoms with Gasteiger partial charge in [0.1, 0.15) is 5.67 Å². The van der Waals surface area contributed by atoms with Gasteiger partial charge in [0.2, 0.25) is 0 Å². The Balaban J connectivity index is 1.46. The summed E-state index contributed by atoms with van der Waals surface area (Å²) < 4.78 is 59.3. The van der Waals surface area contributed by atoms with Crippen LogP contribution in [-0.4, -0.2) is 56.2 Å². The van der Waals surface area contributed by atoms with E-state index in [0.717, 1.165) is 15.8 Å². The number of benzene rings is 1. The quantitative estimate of drug-likeness (QED) is 0.297. The largest absolute Gasteiger partial charge is 0.481 e. The van der Waals surface area contributed by atoms with Gasteiger partial charge in [0.05, 0.1) is 52.4 Å². The van der Waals surface area contributed by atoms with E-state index in [1.165, 1.54) is 18.2 Å². The number of fused-ring (bicyclic) bond motifs is 1. The van der Waals surface area contributed by atoms with E-state index in [0.29, 0.717) is 12.8 Å². The van der Waals surface area contributed by atoms with Gasteiger partial charge in [-0.3, -0.25) is 19.1 Å². The summed E-state index contributed by atoms with van der Waals surface area (Å²) in [6, 6.07) is 3.60. The number of hydrogen-bond acceptors (Lipinski definition) is 4. The minimum absolute atomic E-state index is 0.000934. The molecule has 0 radical (unpaired) electrons. The lowest BCUT2D eigenvalue weighted by molar-refractivity contribution is -0.146. The molecule has 4 atom stereocenters. The third-order valence-electron chi connectivity index (χ3n) is 8.18. The van der Waals surface area contributed by atoms with Crippen molar-refractivity contribution in [3.63, 3.8) is 0 Å². The summed E-state index contributed by atoms with van der Waals surface area (Å²) in [6.45, 7) is -1.31. The molecule has 0 saturated heterocycles. The van der Waals surface area contributed by atoms with Crippen LogP contribution >= 0.6 is 23.2 Å². The minimum atomic E-state index is -4.98. The number of hydrogen-bond donors (Lipinski definition) is 1. The molecule has 3 aliphatic rings. The zero-order valence-electron chi connectivity index (χ0n) is 20.6. The van der Waals surface area contributed by atoms with E-state index in [1.54, 1.807) is 0 Å². The number of amides is 1. The lowest BCUT2D eigenvalue weighted by Crippen LogP contribution is -2.45. The number of carboxylic acid groups (broad SMARTS) is 1. The molecule has 3 fully saturated rings. The summed E-state index contributed by atoms with van der Waals surface area (Å²) in [7, 11) is 0. The van der Waals surface area contributed by atoms with Crippen LogP contribution in [0.4, 0.5) is 17.6 Å². The number of carbonyl (C=O) groups excluding carboxylic acids is 2. The number of alkyl halides is 4. The molecule has 39 heavy (non-hydrogen) atoms. The summed E-state index contributed by atoms with van der Waals surface area (Å²) in [5, 5.41) is 13.1. The van der Waals surface area contributed by atoms with E-state index < -0.39 is 65.8 Å². The van der Waals surface area contributed by atoms with Crippen molar-refractivity contribution in [3.8, 4) is 0 Å². The monoisotopic (exact) mass is 589 g/mol. The lowest BCUT2D eigenvalue weighted by atomic mass is 10.0. The van der Waals surface area contributed by atoms with Crippen LogP contribution in [0.3, 0.4) is 0 Å².